The number of hydrogen-bond acceptors (Lipinski definition) is 6. The van der Waals surface area contributed by atoms with Crippen molar-refractivity contribution >= 4 is 5.82 Å². The number of fused-ring (bicyclic) bond motifs is 1. The minimum absolute atomic E-state index is 0.118. The van der Waals surface area contributed by atoms with Gasteiger partial charge in [0, 0.05) is 24.3 Å². The van der Waals surface area contributed by atoms with Crippen LogP contribution in [0.2, 0.25) is 0 Å². The molecule has 0 unspecified atom stereocenters. The van der Waals surface area contributed by atoms with E-state index < -0.39 is 0 Å². The van der Waals surface area contributed by atoms with E-state index in [1.54, 1.807) is 19.0 Å². The third-order valence-electron chi connectivity index (χ3n) is 4.15. The maximum Gasteiger partial charge on any atom is 0.137 e. The minimum atomic E-state index is 0.118. The SMILES string of the molecule is c1nc2c(c(N3CCO[C@@H](Cn4cncn4)C3)n1)CCC2. The largest absolute Gasteiger partial charge is 0.373 e. The van der Waals surface area contributed by atoms with E-state index in [1.807, 2.05) is 4.68 Å². The molecule has 0 spiro atoms. The first-order valence-corrected chi connectivity index (χ1v) is 7.42. The topological polar surface area (TPSA) is 69.0 Å². The normalized spacial score (nSPS) is 21.5. The molecule has 0 saturated carbocycles. The van der Waals surface area contributed by atoms with Gasteiger partial charge < -0.3 is 9.64 Å². The first-order valence-electron chi connectivity index (χ1n) is 7.42. The van der Waals surface area contributed by atoms with Gasteiger partial charge >= 0.3 is 0 Å². The lowest BCUT2D eigenvalue weighted by Gasteiger charge is -2.34. The Morgan fingerprint density at radius 2 is 2.24 bits per heavy atom. The highest BCUT2D eigenvalue weighted by atomic mass is 16.5. The molecule has 2 aromatic heterocycles. The predicted octanol–water partition coefficient (Wildman–Crippen LogP) is 0.462. The van der Waals surface area contributed by atoms with Crippen molar-refractivity contribution < 1.29 is 4.74 Å². The van der Waals surface area contributed by atoms with Crippen molar-refractivity contribution in [2.45, 2.75) is 31.9 Å². The summed E-state index contributed by atoms with van der Waals surface area (Å²) in [6.45, 7) is 3.17. The van der Waals surface area contributed by atoms with Crippen LogP contribution in [0.25, 0.3) is 0 Å². The molecular formula is C14H18N6O. The molecule has 0 bridgehead atoms. The van der Waals surface area contributed by atoms with Crippen LogP contribution in [0.15, 0.2) is 19.0 Å². The molecular weight excluding hydrogens is 268 g/mol. The highest BCUT2D eigenvalue weighted by Crippen LogP contribution is 2.28. The Morgan fingerprint density at radius 3 is 3.14 bits per heavy atom. The molecule has 7 heteroatoms. The van der Waals surface area contributed by atoms with E-state index in [2.05, 4.69) is 25.0 Å². The molecule has 2 aromatic rings. The van der Waals surface area contributed by atoms with Crippen molar-refractivity contribution in [2.75, 3.05) is 24.6 Å². The van der Waals surface area contributed by atoms with Crippen LogP contribution in [0.1, 0.15) is 17.7 Å². The number of rotatable bonds is 3. The molecule has 0 amide bonds. The van der Waals surface area contributed by atoms with Gasteiger partial charge in [0.25, 0.3) is 0 Å². The van der Waals surface area contributed by atoms with Crippen LogP contribution in [-0.4, -0.2) is 50.5 Å². The second-order valence-electron chi connectivity index (χ2n) is 5.53. The molecule has 1 aliphatic carbocycles. The van der Waals surface area contributed by atoms with Gasteiger partial charge in [0.05, 0.1) is 19.3 Å². The fraction of sp³-hybridized carbons (Fsp3) is 0.571. The number of nitrogens with zero attached hydrogens (tertiary/aromatic N) is 6. The molecule has 0 N–H and O–H groups in total. The van der Waals surface area contributed by atoms with Crippen molar-refractivity contribution in [3.05, 3.63) is 30.2 Å². The first kappa shape index (κ1) is 12.7. The predicted molar refractivity (Wildman–Crippen MR) is 76.0 cm³/mol. The van der Waals surface area contributed by atoms with Crippen LogP contribution in [0.5, 0.6) is 0 Å². The van der Waals surface area contributed by atoms with E-state index in [0.717, 1.165) is 44.9 Å². The molecule has 1 aliphatic heterocycles. The molecule has 110 valence electrons. The lowest BCUT2D eigenvalue weighted by atomic mass is 10.2. The fourth-order valence-electron chi connectivity index (χ4n) is 3.17. The van der Waals surface area contributed by atoms with Gasteiger partial charge in [0.15, 0.2) is 0 Å². The Kier molecular flexibility index (Phi) is 3.27. The summed E-state index contributed by atoms with van der Waals surface area (Å²) < 4.78 is 7.67. The van der Waals surface area contributed by atoms with Crippen molar-refractivity contribution in [1.82, 2.24) is 24.7 Å². The molecule has 1 atom stereocenters. The summed E-state index contributed by atoms with van der Waals surface area (Å²) in [5.74, 6) is 1.10. The molecule has 4 rings (SSSR count). The Bertz CT molecular complexity index is 614. The van der Waals surface area contributed by atoms with Gasteiger partial charge in [-0.15, -0.1) is 0 Å². The molecule has 7 nitrogen and oxygen atoms in total. The zero-order valence-corrected chi connectivity index (χ0v) is 11.9. The average Bonchev–Trinajstić information content (AvgIpc) is 3.18. The van der Waals surface area contributed by atoms with Crippen molar-refractivity contribution in [2.24, 2.45) is 0 Å². The van der Waals surface area contributed by atoms with Crippen LogP contribution >= 0.6 is 0 Å². The maximum absolute atomic E-state index is 5.85. The summed E-state index contributed by atoms with van der Waals surface area (Å²) in [7, 11) is 0. The Hall–Kier alpha value is -2.02. The van der Waals surface area contributed by atoms with E-state index in [9.17, 15) is 0 Å². The highest BCUT2D eigenvalue weighted by molar-refractivity contribution is 5.50. The summed E-state index contributed by atoms with van der Waals surface area (Å²) in [6, 6.07) is 0. The third-order valence-corrected chi connectivity index (χ3v) is 4.15. The summed E-state index contributed by atoms with van der Waals surface area (Å²) in [5.41, 5.74) is 2.55. The quantitative estimate of drug-likeness (QED) is 0.816. The van der Waals surface area contributed by atoms with E-state index in [4.69, 9.17) is 4.74 Å². The van der Waals surface area contributed by atoms with Gasteiger partial charge in [-0.05, 0) is 19.3 Å². The molecule has 0 aromatic carbocycles. The molecule has 1 saturated heterocycles. The zero-order valence-electron chi connectivity index (χ0n) is 11.9. The average molecular weight is 286 g/mol. The molecule has 1 fully saturated rings. The van der Waals surface area contributed by atoms with Crippen LogP contribution < -0.4 is 4.90 Å². The summed E-state index contributed by atoms with van der Waals surface area (Å²) in [4.78, 5) is 15.2. The molecule has 21 heavy (non-hydrogen) atoms. The molecule has 3 heterocycles. The summed E-state index contributed by atoms with van der Waals surface area (Å²) in [6.07, 6.45) is 8.46. The summed E-state index contributed by atoms with van der Waals surface area (Å²) in [5, 5.41) is 4.15. The third kappa shape index (κ3) is 2.49. The monoisotopic (exact) mass is 286 g/mol. The highest BCUT2D eigenvalue weighted by Gasteiger charge is 2.26. The Balaban J connectivity index is 1.52. The molecule has 0 radical (unpaired) electrons. The number of hydrogen-bond donors (Lipinski definition) is 0. The molecule has 2 aliphatic rings. The van der Waals surface area contributed by atoms with Gasteiger partial charge in [0.1, 0.15) is 24.8 Å². The summed E-state index contributed by atoms with van der Waals surface area (Å²) >= 11 is 0. The van der Waals surface area contributed by atoms with E-state index >= 15 is 0 Å². The second-order valence-corrected chi connectivity index (χ2v) is 5.53. The van der Waals surface area contributed by atoms with Gasteiger partial charge in [-0.3, -0.25) is 4.68 Å². The van der Waals surface area contributed by atoms with Gasteiger partial charge in [-0.1, -0.05) is 0 Å². The van der Waals surface area contributed by atoms with Gasteiger partial charge in [0.2, 0.25) is 0 Å². The van der Waals surface area contributed by atoms with Gasteiger partial charge in [-0.2, -0.15) is 5.10 Å². The van der Waals surface area contributed by atoms with Crippen molar-refractivity contribution in [3.8, 4) is 0 Å². The van der Waals surface area contributed by atoms with Crippen molar-refractivity contribution in [3.63, 3.8) is 0 Å². The van der Waals surface area contributed by atoms with Crippen LogP contribution in [0, 0.1) is 0 Å². The lowest BCUT2D eigenvalue weighted by Crippen LogP contribution is -2.45. The fourth-order valence-corrected chi connectivity index (χ4v) is 3.17. The number of aryl methyl sites for hydroxylation is 1. The number of aromatic nitrogens is 5. The Labute approximate surface area is 123 Å². The lowest BCUT2D eigenvalue weighted by molar-refractivity contribution is 0.0270. The zero-order chi connectivity index (χ0) is 14.1. The van der Waals surface area contributed by atoms with E-state index in [-0.39, 0.29) is 6.10 Å². The van der Waals surface area contributed by atoms with Gasteiger partial charge in [-0.25, -0.2) is 15.0 Å². The smallest absolute Gasteiger partial charge is 0.137 e. The van der Waals surface area contributed by atoms with E-state index in [1.165, 1.54) is 17.7 Å². The van der Waals surface area contributed by atoms with Crippen LogP contribution in [0.4, 0.5) is 5.82 Å². The number of ether oxygens (including phenoxy) is 1. The van der Waals surface area contributed by atoms with Crippen molar-refractivity contribution in [1.29, 1.82) is 0 Å². The maximum atomic E-state index is 5.85. The van der Waals surface area contributed by atoms with Crippen LogP contribution in [0.3, 0.4) is 0 Å². The second kappa shape index (κ2) is 5.40. The van der Waals surface area contributed by atoms with E-state index in [0.29, 0.717) is 0 Å². The first-order chi connectivity index (χ1) is 10.4. The Morgan fingerprint density at radius 1 is 1.24 bits per heavy atom. The standard InChI is InChI=1S/C14H18N6O/c1-2-12-13(3-1)16-9-17-14(12)19-4-5-21-11(6-19)7-20-10-15-8-18-20/h8-11H,1-7H2/t11-/m1/s1. The minimum Gasteiger partial charge on any atom is -0.373 e. The number of morpholine rings is 1. The van der Waals surface area contributed by atoms with Crippen LogP contribution in [-0.2, 0) is 24.1 Å². The number of anilines is 1.